The van der Waals surface area contributed by atoms with Gasteiger partial charge in [-0.1, -0.05) is 31.7 Å². The summed E-state index contributed by atoms with van der Waals surface area (Å²) in [6.07, 6.45) is 1.13. The van der Waals surface area contributed by atoms with Crippen LogP contribution in [0.4, 0.5) is 5.69 Å². The maximum Gasteiger partial charge on any atom is 0.127 e. The van der Waals surface area contributed by atoms with Crippen molar-refractivity contribution in [2.45, 2.75) is 30.7 Å². The van der Waals surface area contributed by atoms with Crippen molar-refractivity contribution in [2.24, 2.45) is 11.7 Å². The summed E-state index contributed by atoms with van der Waals surface area (Å²) >= 11 is 1.69. The highest BCUT2D eigenvalue weighted by molar-refractivity contribution is 8.00. The van der Waals surface area contributed by atoms with Gasteiger partial charge in [0.2, 0.25) is 0 Å². The van der Waals surface area contributed by atoms with Gasteiger partial charge >= 0.3 is 0 Å². The number of hydrogen-bond acceptors (Lipinski definition) is 3. The maximum atomic E-state index is 5.79. The molecule has 0 spiro atoms. The Labute approximate surface area is 89.3 Å². The number of nitrogens with two attached hydrogens (primary N) is 1. The first-order valence-corrected chi connectivity index (χ1v) is 5.85. The molecular formula is C11H16N2S. The molecule has 0 bridgehead atoms. The van der Waals surface area contributed by atoms with E-state index in [1.807, 2.05) is 0 Å². The Morgan fingerprint density at radius 1 is 1.50 bits per heavy atom. The van der Waals surface area contributed by atoms with Gasteiger partial charge in [0.15, 0.2) is 0 Å². The Kier molecular flexibility index (Phi) is 2.70. The van der Waals surface area contributed by atoms with Crippen LogP contribution in [0.5, 0.6) is 0 Å². The molecule has 2 nitrogen and oxygen atoms in total. The first-order valence-electron chi connectivity index (χ1n) is 4.97. The fourth-order valence-electron chi connectivity index (χ4n) is 1.71. The van der Waals surface area contributed by atoms with Crippen molar-refractivity contribution in [3.8, 4) is 0 Å². The van der Waals surface area contributed by atoms with Crippen LogP contribution in [-0.2, 0) is 6.42 Å². The van der Waals surface area contributed by atoms with Crippen LogP contribution in [-0.4, -0.2) is 5.50 Å². The molecule has 2 rings (SSSR count). The number of hydrogen-bond donors (Lipinski definition) is 2. The van der Waals surface area contributed by atoms with E-state index in [0.717, 1.165) is 6.42 Å². The van der Waals surface area contributed by atoms with Gasteiger partial charge in [-0.15, -0.1) is 0 Å². The molecule has 0 fully saturated rings. The quantitative estimate of drug-likeness (QED) is 0.784. The zero-order valence-corrected chi connectivity index (χ0v) is 9.40. The number of nitrogens with one attached hydrogen (secondary N) is 1. The van der Waals surface area contributed by atoms with Gasteiger partial charge in [-0.05, 0) is 30.0 Å². The average Bonchev–Trinajstić information content (AvgIpc) is 2.42. The second-order valence-electron chi connectivity index (χ2n) is 4.11. The zero-order chi connectivity index (χ0) is 10.1. The molecule has 1 aliphatic rings. The molecule has 1 heterocycles. The Morgan fingerprint density at radius 2 is 2.29 bits per heavy atom. The Hall–Kier alpha value is -0.670. The molecule has 1 unspecified atom stereocenters. The molecule has 3 N–H and O–H groups in total. The Bertz CT molecular complexity index is 336. The molecule has 1 aliphatic heterocycles. The second kappa shape index (κ2) is 3.83. The number of thioether (sulfide) groups is 1. The Balaban J connectivity index is 2.20. The summed E-state index contributed by atoms with van der Waals surface area (Å²) in [5.74, 6) is 0.704. The normalized spacial score (nSPS) is 19.6. The van der Waals surface area contributed by atoms with Crippen LogP contribution in [0.25, 0.3) is 0 Å². The van der Waals surface area contributed by atoms with Crippen molar-refractivity contribution in [3.05, 3.63) is 23.8 Å². The van der Waals surface area contributed by atoms with Crippen LogP contribution in [0.15, 0.2) is 23.1 Å². The van der Waals surface area contributed by atoms with Gasteiger partial charge in [0.1, 0.15) is 5.50 Å². The number of benzene rings is 1. The van der Waals surface area contributed by atoms with E-state index in [0.29, 0.717) is 5.92 Å². The smallest absolute Gasteiger partial charge is 0.127 e. The molecular weight excluding hydrogens is 192 g/mol. The van der Waals surface area contributed by atoms with Crippen LogP contribution < -0.4 is 11.1 Å². The lowest BCUT2D eigenvalue weighted by Crippen LogP contribution is -2.20. The first-order chi connectivity index (χ1) is 6.65. The van der Waals surface area contributed by atoms with Gasteiger partial charge in [0.05, 0.1) is 5.69 Å². The average molecular weight is 208 g/mol. The molecule has 14 heavy (non-hydrogen) atoms. The molecule has 76 valence electrons. The van der Waals surface area contributed by atoms with Crippen LogP contribution in [0.3, 0.4) is 0 Å². The molecule has 0 saturated heterocycles. The van der Waals surface area contributed by atoms with Crippen molar-refractivity contribution in [1.82, 2.24) is 0 Å². The highest BCUT2D eigenvalue weighted by atomic mass is 32.2. The highest BCUT2D eigenvalue weighted by Crippen LogP contribution is 2.36. The van der Waals surface area contributed by atoms with Gasteiger partial charge < -0.3 is 11.1 Å². The molecule has 0 radical (unpaired) electrons. The molecule has 1 atom stereocenters. The summed E-state index contributed by atoms with van der Waals surface area (Å²) in [4.78, 5) is 1.27. The minimum atomic E-state index is 0.0271. The molecule has 0 saturated carbocycles. The predicted molar refractivity (Wildman–Crippen MR) is 62.4 cm³/mol. The third kappa shape index (κ3) is 2.04. The SMILES string of the molecule is CC(C)Cc1ccc2c(c1)NC(N)S2. The van der Waals surface area contributed by atoms with E-state index >= 15 is 0 Å². The largest absolute Gasteiger partial charge is 0.360 e. The topological polar surface area (TPSA) is 38.0 Å². The van der Waals surface area contributed by atoms with Gasteiger partial charge in [0.25, 0.3) is 0 Å². The van der Waals surface area contributed by atoms with E-state index in [2.05, 4.69) is 37.4 Å². The maximum absolute atomic E-state index is 5.79. The van der Waals surface area contributed by atoms with Crippen LogP contribution in [0, 0.1) is 5.92 Å². The van der Waals surface area contributed by atoms with E-state index in [9.17, 15) is 0 Å². The van der Waals surface area contributed by atoms with Gasteiger partial charge in [-0.3, -0.25) is 0 Å². The number of anilines is 1. The number of rotatable bonds is 2. The highest BCUT2D eigenvalue weighted by Gasteiger charge is 2.17. The summed E-state index contributed by atoms with van der Waals surface area (Å²) in [5, 5.41) is 3.25. The van der Waals surface area contributed by atoms with Crippen molar-refractivity contribution in [2.75, 3.05) is 5.32 Å². The van der Waals surface area contributed by atoms with E-state index < -0.39 is 0 Å². The summed E-state index contributed by atoms with van der Waals surface area (Å²) in [7, 11) is 0. The summed E-state index contributed by atoms with van der Waals surface area (Å²) < 4.78 is 0. The second-order valence-corrected chi connectivity index (χ2v) is 5.29. The zero-order valence-electron chi connectivity index (χ0n) is 8.58. The monoisotopic (exact) mass is 208 g/mol. The van der Waals surface area contributed by atoms with E-state index in [1.165, 1.54) is 16.1 Å². The molecule has 0 amide bonds. The van der Waals surface area contributed by atoms with Crippen molar-refractivity contribution in [1.29, 1.82) is 0 Å². The standard InChI is InChI=1S/C11H16N2S/c1-7(2)5-8-3-4-10-9(6-8)13-11(12)14-10/h3-4,6-7,11,13H,5,12H2,1-2H3. The minimum absolute atomic E-state index is 0.0271. The van der Waals surface area contributed by atoms with Crippen LogP contribution in [0.2, 0.25) is 0 Å². The van der Waals surface area contributed by atoms with E-state index in [-0.39, 0.29) is 5.50 Å². The summed E-state index contributed by atoms with van der Waals surface area (Å²) in [6, 6.07) is 6.58. The van der Waals surface area contributed by atoms with Gasteiger partial charge in [-0.2, -0.15) is 0 Å². The minimum Gasteiger partial charge on any atom is -0.360 e. The fraction of sp³-hybridized carbons (Fsp3) is 0.455. The van der Waals surface area contributed by atoms with Crippen molar-refractivity contribution >= 4 is 17.4 Å². The molecule has 0 aromatic heterocycles. The number of fused-ring (bicyclic) bond motifs is 1. The third-order valence-electron chi connectivity index (χ3n) is 2.24. The van der Waals surface area contributed by atoms with Crippen LogP contribution in [0.1, 0.15) is 19.4 Å². The fourth-order valence-corrected chi connectivity index (χ4v) is 2.56. The van der Waals surface area contributed by atoms with Gasteiger partial charge in [0, 0.05) is 4.90 Å². The predicted octanol–water partition coefficient (Wildman–Crippen LogP) is 2.65. The summed E-state index contributed by atoms with van der Waals surface area (Å²) in [6.45, 7) is 4.47. The third-order valence-corrected chi connectivity index (χ3v) is 3.22. The van der Waals surface area contributed by atoms with Crippen LogP contribution >= 0.6 is 11.8 Å². The van der Waals surface area contributed by atoms with Gasteiger partial charge in [-0.25, -0.2) is 0 Å². The molecule has 1 aromatic rings. The lowest BCUT2D eigenvalue weighted by atomic mass is 10.0. The molecule has 0 aliphatic carbocycles. The Morgan fingerprint density at radius 3 is 3.00 bits per heavy atom. The molecule has 1 aromatic carbocycles. The lowest BCUT2D eigenvalue weighted by molar-refractivity contribution is 0.647. The van der Waals surface area contributed by atoms with Crippen molar-refractivity contribution < 1.29 is 0 Å². The lowest BCUT2D eigenvalue weighted by Gasteiger charge is -2.07. The van der Waals surface area contributed by atoms with E-state index in [1.54, 1.807) is 11.8 Å². The molecule has 3 heteroatoms. The summed E-state index contributed by atoms with van der Waals surface area (Å²) in [5.41, 5.74) is 8.40. The van der Waals surface area contributed by atoms with E-state index in [4.69, 9.17) is 5.73 Å². The first kappa shape index (κ1) is 9.87. The van der Waals surface area contributed by atoms with Crippen molar-refractivity contribution in [3.63, 3.8) is 0 Å².